The average molecular weight is 209 g/mol. The van der Waals surface area contributed by atoms with E-state index in [0.717, 1.165) is 6.42 Å². The van der Waals surface area contributed by atoms with Gasteiger partial charge in [-0.2, -0.15) is 0 Å². The van der Waals surface area contributed by atoms with Crippen molar-refractivity contribution in [2.24, 2.45) is 0 Å². The Labute approximate surface area is 89.0 Å². The van der Waals surface area contributed by atoms with Crippen LogP contribution in [0.4, 0.5) is 0 Å². The van der Waals surface area contributed by atoms with E-state index in [9.17, 15) is 4.79 Å². The molecule has 0 spiro atoms. The molecule has 0 saturated heterocycles. The fourth-order valence-electron chi connectivity index (χ4n) is 1.29. The highest BCUT2D eigenvalue weighted by molar-refractivity contribution is 5.73. The first kappa shape index (κ1) is 11.7. The highest BCUT2D eigenvalue weighted by Gasteiger charge is 2.08. The molecule has 4 nitrogen and oxygen atoms in total. The lowest BCUT2D eigenvalue weighted by Gasteiger charge is -2.10. The predicted octanol–water partition coefficient (Wildman–Crippen LogP) is 1.79. The number of hydrogen-bond acceptors (Lipinski definition) is 3. The second-order valence-electron chi connectivity index (χ2n) is 3.19. The maximum atomic E-state index is 11.1. The first-order chi connectivity index (χ1) is 7.24. The number of amides is 1. The highest BCUT2D eigenvalue weighted by Crippen LogP contribution is 2.05. The molecular weight excluding hydrogens is 194 g/mol. The van der Waals surface area contributed by atoms with Crippen molar-refractivity contribution in [1.82, 2.24) is 5.23 Å². The van der Waals surface area contributed by atoms with Crippen molar-refractivity contribution in [3.05, 3.63) is 35.9 Å². The van der Waals surface area contributed by atoms with Crippen molar-refractivity contribution in [2.45, 2.75) is 19.3 Å². The van der Waals surface area contributed by atoms with Gasteiger partial charge >= 0.3 is 0 Å². The smallest absolute Gasteiger partial charge is 0.270 e. The second-order valence-corrected chi connectivity index (χ2v) is 3.19. The van der Waals surface area contributed by atoms with Gasteiger partial charge in [0.25, 0.3) is 5.91 Å². The van der Waals surface area contributed by atoms with E-state index in [4.69, 9.17) is 5.21 Å². The summed E-state index contributed by atoms with van der Waals surface area (Å²) < 4.78 is 0. The van der Waals surface area contributed by atoms with Crippen molar-refractivity contribution < 1.29 is 14.8 Å². The van der Waals surface area contributed by atoms with Crippen LogP contribution in [0.1, 0.15) is 18.4 Å². The van der Waals surface area contributed by atoms with Crippen molar-refractivity contribution in [2.75, 3.05) is 7.11 Å². The van der Waals surface area contributed by atoms with Gasteiger partial charge < -0.3 is 0 Å². The van der Waals surface area contributed by atoms with Gasteiger partial charge in [-0.1, -0.05) is 35.6 Å². The summed E-state index contributed by atoms with van der Waals surface area (Å²) in [7, 11) is 1.25. The summed E-state index contributed by atoms with van der Waals surface area (Å²) >= 11 is 0. The summed E-state index contributed by atoms with van der Waals surface area (Å²) in [4.78, 5) is 15.5. The Morgan fingerprint density at radius 3 is 2.67 bits per heavy atom. The molecule has 1 rings (SSSR count). The maximum absolute atomic E-state index is 11.1. The van der Waals surface area contributed by atoms with E-state index in [-0.39, 0.29) is 11.6 Å². The van der Waals surface area contributed by atoms with E-state index in [0.29, 0.717) is 6.42 Å². The lowest BCUT2D eigenvalue weighted by Crippen LogP contribution is -2.25. The van der Waals surface area contributed by atoms with Gasteiger partial charge in [-0.15, -0.1) is 0 Å². The van der Waals surface area contributed by atoms with Crippen LogP contribution in [-0.4, -0.2) is 23.5 Å². The van der Waals surface area contributed by atoms with E-state index in [2.05, 4.69) is 4.84 Å². The summed E-state index contributed by atoms with van der Waals surface area (Å²) in [5.74, 6) is -0.423. The number of benzene rings is 1. The van der Waals surface area contributed by atoms with Crippen LogP contribution in [0.5, 0.6) is 0 Å². The fourth-order valence-corrected chi connectivity index (χ4v) is 1.29. The molecule has 0 aliphatic rings. The monoisotopic (exact) mass is 209 g/mol. The zero-order valence-electron chi connectivity index (χ0n) is 8.72. The summed E-state index contributed by atoms with van der Waals surface area (Å²) in [6.45, 7) is 0. The van der Waals surface area contributed by atoms with Crippen LogP contribution in [0, 0.1) is 0 Å². The standard InChI is InChI=1S/C11H15NO3/c1-15-12(14)11(13)9-5-8-10-6-3-2-4-7-10/h2-4,6-7,14H,5,8-9H2,1H3. The Balaban J connectivity index is 2.25. The normalized spacial score (nSPS) is 10.0. The number of carbonyl (C=O) groups excluding carboxylic acids is 1. The third-order valence-corrected chi connectivity index (χ3v) is 2.09. The Hall–Kier alpha value is -1.39. The lowest BCUT2D eigenvalue weighted by atomic mass is 10.1. The second kappa shape index (κ2) is 6.16. The minimum absolute atomic E-state index is 0.269. The first-order valence-electron chi connectivity index (χ1n) is 4.84. The minimum atomic E-state index is -0.423. The Bertz CT molecular complexity index is 300. The lowest BCUT2D eigenvalue weighted by molar-refractivity contribution is -0.301. The van der Waals surface area contributed by atoms with Crippen molar-refractivity contribution >= 4 is 5.91 Å². The van der Waals surface area contributed by atoms with Crippen LogP contribution in [0.15, 0.2) is 30.3 Å². The highest BCUT2D eigenvalue weighted by atomic mass is 16.9. The molecule has 0 aliphatic carbocycles. The zero-order chi connectivity index (χ0) is 11.1. The molecule has 0 heterocycles. The number of carbonyl (C=O) groups is 1. The van der Waals surface area contributed by atoms with E-state index in [1.165, 1.54) is 12.7 Å². The number of aryl methyl sites for hydroxylation is 1. The summed E-state index contributed by atoms with van der Waals surface area (Å²) in [6, 6.07) is 9.90. The van der Waals surface area contributed by atoms with Gasteiger partial charge in [-0.05, 0) is 18.4 Å². The van der Waals surface area contributed by atoms with Crippen molar-refractivity contribution in [3.63, 3.8) is 0 Å². The van der Waals surface area contributed by atoms with Crippen LogP contribution >= 0.6 is 0 Å². The molecule has 15 heavy (non-hydrogen) atoms. The van der Waals surface area contributed by atoms with E-state index < -0.39 is 5.91 Å². The summed E-state index contributed by atoms with van der Waals surface area (Å²) in [5, 5.41) is 9.15. The third-order valence-electron chi connectivity index (χ3n) is 2.09. The maximum Gasteiger partial charge on any atom is 0.273 e. The number of nitrogens with zero attached hydrogens (tertiary/aromatic N) is 1. The molecule has 0 saturated carbocycles. The molecule has 1 amide bonds. The number of hydroxylamine groups is 2. The van der Waals surface area contributed by atoms with E-state index in [1.54, 1.807) is 0 Å². The summed E-state index contributed by atoms with van der Waals surface area (Å²) in [5.41, 5.74) is 1.19. The van der Waals surface area contributed by atoms with Crippen LogP contribution in [0.25, 0.3) is 0 Å². The minimum Gasteiger partial charge on any atom is -0.270 e. The van der Waals surface area contributed by atoms with Crippen LogP contribution in [0.2, 0.25) is 0 Å². The SMILES string of the molecule is CON(O)C(=O)CCCc1ccccc1. The molecule has 82 valence electrons. The quantitative estimate of drug-likeness (QED) is 0.594. The van der Waals surface area contributed by atoms with Gasteiger partial charge in [0.2, 0.25) is 0 Å². The largest absolute Gasteiger partial charge is 0.273 e. The molecule has 0 aromatic heterocycles. The zero-order valence-corrected chi connectivity index (χ0v) is 8.72. The Kier molecular flexibility index (Phi) is 4.80. The van der Waals surface area contributed by atoms with Crippen LogP contribution in [0.3, 0.4) is 0 Å². The Morgan fingerprint density at radius 2 is 2.07 bits per heavy atom. The Morgan fingerprint density at radius 1 is 1.40 bits per heavy atom. The topological polar surface area (TPSA) is 49.8 Å². The molecule has 0 radical (unpaired) electrons. The molecular formula is C11H15NO3. The summed E-state index contributed by atoms with van der Waals surface area (Å²) in [6.07, 6.45) is 1.80. The van der Waals surface area contributed by atoms with Crippen LogP contribution in [-0.2, 0) is 16.1 Å². The van der Waals surface area contributed by atoms with Gasteiger partial charge in [0.05, 0.1) is 7.11 Å². The van der Waals surface area contributed by atoms with Crippen LogP contribution < -0.4 is 0 Å². The van der Waals surface area contributed by atoms with Crippen molar-refractivity contribution in [1.29, 1.82) is 0 Å². The van der Waals surface area contributed by atoms with Crippen molar-refractivity contribution in [3.8, 4) is 0 Å². The molecule has 0 aliphatic heterocycles. The number of hydrogen-bond donors (Lipinski definition) is 1. The van der Waals surface area contributed by atoms with Gasteiger partial charge in [0.15, 0.2) is 0 Å². The van der Waals surface area contributed by atoms with E-state index in [1.807, 2.05) is 30.3 Å². The van der Waals surface area contributed by atoms with Gasteiger partial charge in [-0.25, -0.2) is 4.84 Å². The molecule has 0 bridgehead atoms. The molecule has 0 unspecified atom stereocenters. The molecule has 1 aromatic carbocycles. The predicted molar refractivity (Wildman–Crippen MR) is 55.0 cm³/mol. The van der Waals surface area contributed by atoms with E-state index >= 15 is 0 Å². The number of rotatable bonds is 5. The molecule has 0 fully saturated rings. The average Bonchev–Trinajstić information content (AvgIpc) is 2.29. The molecule has 1 N–H and O–H groups in total. The van der Waals surface area contributed by atoms with Gasteiger partial charge in [0, 0.05) is 6.42 Å². The fraction of sp³-hybridized carbons (Fsp3) is 0.364. The first-order valence-corrected chi connectivity index (χ1v) is 4.84. The van der Waals surface area contributed by atoms with Gasteiger partial charge in [0.1, 0.15) is 0 Å². The molecule has 1 aromatic rings. The van der Waals surface area contributed by atoms with Gasteiger partial charge in [-0.3, -0.25) is 10.0 Å². The molecule has 4 heteroatoms. The molecule has 0 atom stereocenters. The third kappa shape index (κ3) is 4.10.